The molecule has 15 nitrogen and oxygen atoms in total. The molecule has 41 heavy (non-hydrogen) atoms. The van der Waals surface area contributed by atoms with Crippen molar-refractivity contribution in [2.24, 2.45) is 5.73 Å². The van der Waals surface area contributed by atoms with E-state index in [9.17, 15) is 30.2 Å². The Morgan fingerprint density at radius 3 is 1.68 bits per heavy atom. The Labute approximate surface area is 245 Å². The molecule has 2 aromatic rings. The molecule has 6 rings (SSSR count). The molecule has 4 aliphatic rings. The van der Waals surface area contributed by atoms with E-state index in [1.807, 2.05) is 4.90 Å². The summed E-state index contributed by atoms with van der Waals surface area (Å²) in [5, 5.41) is 47.1. The first-order chi connectivity index (χ1) is 19.6. The number of ether oxygens (including phenoxy) is 1. The van der Waals surface area contributed by atoms with Crippen molar-refractivity contribution in [3.05, 3.63) is 56.1 Å². The fourth-order valence-electron chi connectivity index (χ4n) is 3.89. The molecule has 10 N–H and O–H groups in total. The SMILES string of the molecule is NCCN1CC[NH+]=C(O)c2ccc(n(O)c2=S)C(=O)NCCOCCNC(=O)c2ccc(c(=S)n2O)C(O)=[NH+]CC1. The maximum atomic E-state index is 12.5. The summed E-state index contributed by atoms with van der Waals surface area (Å²) >= 11 is 10.5. The van der Waals surface area contributed by atoms with Crippen LogP contribution in [0.5, 0.6) is 0 Å². The smallest absolute Gasteiger partial charge is 0.368 e. The summed E-state index contributed by atoms with van der Waals surface area (Å²) in [7, 11) is 0. The van der Waals surface area contributed by atoms with Gasteiger partial charge < -0.3 is 41.7 Å². The van der Waals surface area contributed by atoms with Crippen molar-refractivity contribution in [3.8, 4) is 0 Å². The van der Waals surface area contributed by atoms with Gasteiger partial charge >= 0.3 is 11.8 Å². The highest BCUT2D eigenvalue weighted by Crippen LogP contribution is 2.08. The fraction of sp³-hybridized carbons (Fsp3) is 0.417. The molecule has 0 saturated heterocycles. The lowest BCUT2D eigenvalue weighted by Gasteiger charge is -2.16. The highest BCUT2D eigenvalue weighted by molar-refractivity contribution is 7.71. The van der Waals surface area contributed by atoms with E-state index in [1.54, 1.807) is 0 Å². The van der Waals surface area contributed by atoms with Gasteiger partial charge in [-0.3, -0.25) is 14.5 Å². The Hall–Kier alpha value is -3.90. The van der Waals surface area contributed by atoms with Crippen LogP contribution in [0, 0.1) is 9.28 Å². The van der Waals surface area contributed by atoms with Gasteiger partial charge in [-0.1, -0.05) is 24.4 Å². The van der Waals surface area contributed by atoms with Crippen LogP contribution >= 0.6 is 24.4 Å². The molecule has 4 bridgehead atoms. The summed E-state index contributed by atoms with van der Waals surface area (Å²) in [5.74, 6) is -1.77. The zero-order valence-corrected chi connectivity index (χ0v) is 23.8. The molecular weight excluding hydrogens is 576 g/mol. The normalized spacial score (nSPS) is 17.0. The number of rotatable bonds is 2. The second-order valence-corrected chi connectivity index (χ2v) is 9.58. The summed E-state index contributed by atoms with van der Waals surface area (Å²) in [5.41, 5.74) is 5.72. The summed E-state index contributed by atoms with van der Waals surface area (Å²) in [6.45, 7) is 2.78. The number of aromatic nitrogens is 2. The van der Waals surface area contributed by atoms with Crippen molar-refractivity contribution < 1.29 is 44.9 Å². The third-order valence-corrected chi connectivity index (χ3v) is 6.83. The quantitative estimate of drug-likeness (QED) is 0.120. The molecule has 0 aromatic carbocycles. The number of nitrogens with one attached hydrogen (secondary N) is 4. The number of hydrogen-bond acceptors (Lipinski definition) is 9. The number of amides is 2. The Morgan fingerprint density at radius 2 is 1.27 bits per heavy atom. The summed E-state index contributed by atoms with van der Waals surface area (Å²) in [4.78, 5) is 32.7. The number of hydrogen-bond donors (Lipinski definition) is 9. The first kappa shape index (κ1) is 31.6. The van der Waals surface area contributed by atoms with Crippen LogP contribution in [0.3, 0.4) is 0 Å². The number of aliphatic hydroxyl groups is 2. The van der Waals surface area contributed by atoms with Crippen LogP contribution in [0.1, 0.15) is 32.1 Å². The topological polar surface area (TPSA) is 215 Å². The molecule has 0 atom stereocenters. The maximum Gasteiger partial charge on any atom is 0.368 e. The number of pyridine rings is 2. The molecule has 0 spiro atoms. The Bertz CT molecular complexity index is 1340. The van der Waals surface area contributed by atoms with E-state index in [0.29, 0.717) is 35.6 Å². The minimum Gasteiger partial charge on any atom is -0.460 e. The molecule has 2 aromatic heterocycles. The lowest BCUT2D eigenvalue weighted by Crippen LogP contribution is -2.77. The minimum absolute atomic E-state index is 0.102. The van der Waals surface area contributed by atoms with E-state index in [-0.39, 0.29) is 83.0 Å². The van der Waals surface area contributed by atoms with Crippen molar-refractivity contribution in [2.45, 2.75) is 0 Å². The van der Waals surface area contributed by atoms with Gasteiger partial charge in [0, 0.05) is 26.2 Å². The summed E-state index contributed by atoms with van der Waals surface area (Å²) < 4.78 is 6.10. The predicted molar refractivity (Wildman–Crippen MR) is 151 cm³/mol. The highest BCUT2D eigenvalue weighted by Gasteiger charge is 2.20. The number of nitrogens with zero attached hydrogens (tertiary/aromatic N) is 3. The minimum atomic E-state index is -0.610. The van der Waals surface area contributed by atoms with E-state index in [1.165, 1.54) is 24.3 Å². The largest absolute Gasteiger partial charge is 0.460 e. The average Bonchev–Trinajstić information content (AvgIpc) is 2.94. The monoisotopic (exact) mass is 610 g/mol. The summed E-state index contributed by atoms with van der Waals surface area (Å²) in [6, 6.07) is 5.49. The number of nitrogens with two attached hydrogens (primary N) is 1. The zero-order chi connectivity index (χ0) is 29.9. The fourth-order valence-corrected chi connectivity index (χ4v) is 4.42. The van der Waals surface area contributed by atoms with Crippen LogP contribution < -0.4 is 26.4 Å². The zero-order valence-electron chi connectivity index (χ0n) is 22.1. The van der Waals surface area contributed by atoms with Crippen molar-refractivity contribution in [1.29, 1.82) is 0 Å². The van der Waals surface area contributed by atoms with Crippen LogP contribution in [-0.2, 0) is 4.74 Å². The van der Waals surface area contributed by atoms with Gasteiger partial charge in [0.2, 0.25) is 0 Å². The Balaban J connectivity index is 1.84. The van der Waals surface area contributed by atoms with Gasteiger partial charge in [-0.15, -0.1) is 0 Å². The van der Waals surface area contributed by atoms with Crippen molar-refractivity contribution >= 4 is 48.0 Å². The van der Waals surface area contributed by atoms with Gasteiger partial charge in [0.15, 0.2) is 22.4 Å². The van der Waals surface area contributed by atoms with Gasteiger partial charge in [0.1, 0.15) is 22.5 Å². The van der Waals surface area contributed by atoms with E-state index in [2.05, 4.69) is 20.6 Å². The number of carbonyl (C=O) groups excluding carboxylic acids is 2. The van der Waals surface area contributed by atoms with Gasteiger partial charge in [-0.25, -0.2) is 9.98 Å². The van der Waals surface area contributed by atoms with Gasteiger partial charge in [0.05, 0.1) is 26.3 Å². The van der Waals surface area contributed by atoms with Crippen molar-refractivity contribution in [2.75, 3.05) is 65.6 Å². The first-order valence-corrected chi connectivity index (χ1v) is 13.5. The number of aliphatic hydroxyl groups excluding tert-OH is 2. The Kier molecular flexibility index (Phi) is 11.7. The third kappa shape index (κ3) is 8.30. The molecule has 222 valence electrons. The molecular formula is C24H34N8O7S2+2. The molecule has 4 aliphatic heterocycles. The molecule has 0 unspecified atom stereocenters. The molecule has 0 fully saturated rings. The molecule has 0 saturated carbocycles. The van der Waals surface area contributed by atoms with Crippen LogP contribution in [-0.4, -0.2) is 124 Å². The lowest BCUT2D eigenvalue weighted by molar-refractivity contribution is -0.472. The standard InChI is InChI=1S/C24H32N8O7S2/c25-5-10-30-11-6-26-19(33)15-1-3-17(31(37)23(15)40)21(35)28-8-13-39-14-9-29-22(36)18-4-2-16(24(41)32(18)38)20(34)27-7-12-30/h1-4,37-38H,5-14,25H2,(H,26,33)(H,27,34)(H,28,35)(H,29,36)/p+2. The third-order valence-electron chi connectivity index (χ3n) is 6.04. The molecule has 2 amide bonds. The highest BCUT2D eigenvalue weighted by atomic mass is 32.1. The van der Waals surface area contributed by atoms with Gasteiger partial charge in [-0.2, -0.15) is 9.46 Å². The first-order valence-electron chi connectivity index (χ1n) is 12.7. The Morgan fingerprint density at radius 1 is 0.829 bits per heavy atom. The average molecular weight is 611 g/mol. The van der Waals surface area contributed by atoms with E-state index in [4.69, 9.17) is 34.9 Å². The lowest BCUT2D eigenvalue weighted by atomic mass is 10.2. The van der Waals surface area contributed by atoms with E-state index >= 15 is 0 Å². The molecule has 0 radical (unpaired) electrons. The van der Waals surface area contributed by atoms with Gasteiger partial charge in [-0.05, 0) is 24.3 Å². The van der Waals surface area contributed by atoms with Crippen LogP contribution in [0.4, 0.5) is 0 Å². The predicted octanol–water partition coefficient (Wildman–Crippen LogP) is -3.56. The maximum absolute atomic E-state index is 12.5. The van der Waals surface area contributed by atoms with E-state index in [0.717, 1.165) is 0 Å². The number of carbonyl (C=O) groups is 2. The van der Waals surface area contributed by atoms with Crippen LogP contribution in [0.25, 0.3) is 0 Å². The van der Waals surface area contributed by atoms with Crippen LogP contribution in [0.2, 0.25) is 0 Å². The van der Waals surface area contributed by atoms with Gasteiger partial charge in [0.25, 0.3) is 11.8 Å². The molecule has 17 heteroatoms. The molecule has 0 aliphatic carbocycles. The van der Waals surface area contributed by atoms with Crippen molar-refractivity contribution in [1.82, 2.24) is 25.0 Å². The molecule has 6 heterocycles. The second kappa shape index (κ2) is 15.2. The van der Waals surface area contributed by atoms with E-state index < -0.39 is 11.8 Å². The second-order valence-electron chi connectivity index (χ2n) is 8.80. The van der Waals surface area contributed by atoms with Crippen LogP contribution in [0.15, 0.2) is 24.3 Å². The van der Waals surface area contributed by atoms with Crippen molar-refractivity contribution in [3.63, 3.8) is 0 Å². The summed E-state index contributed by atoms with van der Waals surface area (Å²) in [6.07, 6.45) is 0.